The molecule has 110 valence electrons. The van der Waals surface area contributed by atoms with Crippen molar-refractivity contribution in [3.05, 3.63) is 63.6 Å². The highest BCUT2D eigenvalue weighted by Gasteiger charge is 2.15. The molecule has 2 aromatic rings. The second kappa shape index (κ2) is 6.80. The largest absolute Gasteiger partial charge is 0.399 e. The molecular weight excluding hydrogens is 340 g/mol. The van der Waals surface area contributed by atoms with E-state index < -0.39 is 11.6 Å². The zero-order chi connectivity index (χ0) is 15.4. The normalized spacial score (nSPS) is 10.6. The topological polar surface area (TPSA) is 43.1 Å². The monoisotopic (exact) mass is 353 g/mol. The van der Waals surface area contributed by atoms with Crippen LogP contribution in [0.4, 0.5) is 14.5 Å². The lowest BCUT2D eigenvalue weighted by atomic mass is 10.0. The molecule has 0 aliphatic carbocycles. The Balaban J connectivity index is 1.99. The molecule has 0 spiro atoms. The third kappa shape index (κ3) is 4.11. The summed E-state index contributed by atoms with van der Waals surface area (Å²) < 4.78 is 27.5. The van der Waals surface area contributed by atoms with E-state index in [1.54, 1.807) is 12.1 Å². The van der Waals surface area contributed by atoms with Crippen molar-refractivity contribution in [3.8, 4) is 0 Å². The van der Waals surface area contributed by atoms with Gasteiger partial charge in [-0.2, -0.15) is 0 Å². The van der Waals surface area contributed by atoms with E-state index in [1.807, 2.05) is 12.1 Å². The summed E-state index contributed by atoms with van der Waals surface area (Å²) in [4.78, 5) is 11.9. The Morgan fingerprint density at radius 2 is 1.76 bits per heavy atom. The minimum Gasteiger partial charge on any atom is -0.399 e. The van der Waals surface area contributed by atoms with Gasteiger partial charge in [0, 0.05) is 24.1 Å². The van der Waals surface area contributed by atoms with E-state index in [0.29, 0.717) is 12.1 Å². The van der Waals surface area contributed by atoms with Crippen LogP contribution >= 0.6 is 15.9 Å². The van der Waals surface area contributed by atoms with Gasteiger partial charge < -0.3 is 5.73 Å². The number of hydrogen-bond acceptors (Lipinski definition) is 2. The second-order valence-electron chi connectivity index (χ2n) is 4.78. The highest BCUT2D eigenvalue weighted by Crippen LogP contribution is 2.22. The summed E-state index contributed by atoms with van der Waals surface area (Å²) in [7, 11) is 0. The minimum atomic E-state index is -0.712. The first-order valence-corrected chi connectivity index (χ1v) is 7.25. The first kappa shape index (κ1) is 15.6. The van der Waals surface area contributed by atoms with E-state index in [0.717, 1.165) is 11.6 Å². The van der Waals surface area contributed by atoms with E-state index in [2.05, 4.69) is 15.9 Å². The van der Waals surface area contributed by atoms with Crippen LogP contribution in [-0.4, -0.2) is 5.78 Å². The van der Waals surface area contributed by atoms with Gasteiger partial charge in [0.2, 0.25) is 0 Å². The fraction of sp³-hybridized carbons (Fsp3) is 0.188. The molecule has 0 radical (unpaired) electrons. The van der Waals surface area contributed by atoms with Gasteiger partial charge in [-0.25, -0.2) is 8.78 Å². The van der Waals surface area contributed by atoms with Crippen LogP contribution in [0.2, 0.25) is 0 Å². The molecule has 0 saturated heterocycles. The number of ketones is 1. The molecule has 0 atom stereocenters. The zero-order valence-electron chi connectivity index (χ0n) is 11.2. The van der Waals surface area contributed by atoms with Gasteiger partial charge in [-0.3, -0.25) is 4.79 Å². The Hall–Kier alpha value is -1.75. The van der Waals surface area contributed by atoms with Gasteiger partial charge in [0.1, 0.15) is 17.4 Å². The predicted octanol–water partition coefficient (Wildman–Crippen LogP) is 4.05. The Kier molecular flexibility index (Phi) is 5.07. The van der Waals surface area contributed by atoms with Gasteiger partial charge >= 0.3 is 0 Å². The number of hydrogen-bond donors (Lipinski definition) is 1. The van der Waals surface area contributed by atoms with E-state index in [-0.39, 0.29) is 28.7 Å². The third-order valence-electron chi connectivity index (χ3n) is 3.19. The maximum atomic E-state index is 13.8. The average Bonchev–Trinajstić information content (AvgIpc) is 2.47. The van der Waals surface area contributed by atoms with Crippen LogP contribution in [0.25, 0.3) is 0 Å². The molecule has 5 heteroatoms. The maximum absolute atomic E-state index is 13.8. The zero-order valence-corrected chi connectivity index (χ0v) is 12.8. The fourth-order valence-electron chi connectivity index (χ4n) is 1.98. The molecule has 0 heterocycles. The highest BCUT2D eigenvalue weighted by molar-refractivity contribution is 9.10. The fourth-order valence-corrected chi connectivity index (χ4v) is 2.36. The van der Waals surface area contributed by atoms with Crippen LogP contribution in [0.15, 0.2) is 40.9 Å². The summed E-state index contributed by atoms with van der Waals surface area (Å²) in [5.41, 5.74) is 7.01. The number of halogens is 3. The minimum absolute atomic E-state index is 0.158. The van der Waals surface area contributed by atoms with E-state index in [1.165, 1.54) is 6.07 Å². The Bertz CT molecular complexity index is 656. The molecule has 0 aromatic heterocycles. The van der Waals surface area contributed by atoms with E-state index in [9.17, 15) is 13.6 Å². The maximum Gasteiger partial charge on any atom is 0.143 e. The predicted molar refractivity (Wildman–Crippen MR) is 81.9 cm³/mol. The Morgan fingerprint density at radius 3 is 2.43 bits per heavy atom. The number of nitrogens with two attached hydrogens (primary N) is 1. The number of benzene rings is 2. The number of carbonyl (C=O) groups excluding carboxylic acids is 1. The van der Waals surface area contributed by atoms with Crippen molar-refractivity contribution in [2.45, 2.75) is 19.3 Å². The highest BCUT2D eigenvalue weighted by atomic mass is 79.9. The molecule has 0 aliphatic heterocycles. The van der Waals surface area contributed by atoms with Crippen LogP contribution < -0.4 is 5.73 Å². The smallest absolute Gasteiger partial charge is 0.143 e. The number of Topliss-reactive ketones (excluding diaryl/α,β-unsaturated/α-hetero) is 1. The van der Waals surface area contributed by atoms with Crippen LogP contribution in [0, 0.1) is 11.6 Å². The standard InChI is InChI=1S/C16H14BrF2NO/c17-14-7-8-15(18)13(16(14)19)9-12(21)6-3-10-1-4-11(20)5-2-10/h1-2,4-5,7-8H,3,6,9,20H2. The van der Waals surface area contributed by atoms with Crippen molar-refractivity contribution in [2.75, 3.05) is 5.73 Å². The third-order valence-corrected chi connectivity index (χ3v) is 3.80. The van der Waals surface area contributed by atoms with Crippen molar-refractivity contribution in [2.24, 2.45) is 0 Å². The number of carbonyl (C=O) groups is 1. The number of rotatable bonds is 5. The lowest BCUT2D eigenvalue weighted by molar-refractivity contribution is -0.118. The summed E-state index contributed by atoms with van der Waals surface area (Å²) >= 11 is 2.99. The first-order chi connectivity index (χ1) is 9.97. The first-order valence-electron chi connectivity index (χ1n) is 6.46. The number of nitrogen functional groups attached to an aromatic ring is 1. The van der Waals surface area contributed by atoms with Gasteiger partial charge in [-0.05, 0) is 52.2 Å². The van der Waals surface area contributed by atoms with Crippen molar-refractivity contribution in [3.63, 3.8) is 0 Å². The van der Waals surface area contributed by atoms with Gasteiger partial charge in [-0.15, -0.1) is 0 Å². The molecule has 0 aliphatic rings. The summed E-state index contributed by atoms with van der Waals surface area (Å²) in [6, 6.07) is 9.62. The summed E-state index contributed by atoms with van der Waals surface area (Å²) in [5, 5.41) is 0. The van der Waals surface area contributed by atoms with Crippen molar-refractivity contribution < 1.29 is 13.6 Å². The molecule has 2 aromatic carbocycles. The quantitative estimate of drug-likeness (QED) is 0.650. The Labute approximate surface area is 130 Å². The van der Waals surface area contributed by atoms with Crippen molar-refractivity contribution in [1.82, 2.24) is 0 Å². The molecule has 2 N–H and O–H groups in total. The van der Waals surface area contributed by atoms with Crippen LogP contribution in [-0.2, 0) is 17.6 Å². The van der Waals surface area contributed by atoms with Gasteiger partial charge in [0.05, 0.1) is 4.47 Å². The lowest BCUT2D eigenvalue weighted by Crippen LogP contribution is -2.08. The molecule has 2 rings (SSSR count). The molecular formula is C16H14BrF2NO. The van der Waals surface area contributed by atoms with Gasteiger partial charge in [0.15, 0.2) is 0 Å². The van der Waals surface area contributed by atoms with Gasteiger partial charge in [-0.1, -0.05) is 12.1 Å². The molecule has 2 nitrogen and oxygen atoms in total. The van der Waals surface area contributed by atoms with Crippen LogP contribution in [0.5, 0.6) is 0 Å². The van der Waals surface area contributed by atoms with E-state index in [4.69, 9.17) is 5.73 Å². The molecule has 0 saturated carbocycles. The van der Waals surface area contributed by atoms with Crippen molar-refractivity contribution in [1.29, 1.82) is 0 Å². The average molecular weight is 354 g/mol. The second-order valence-corrected chi connectivity index (χ2v) is 5.63. The Morgan fingerprint density at radius 1 is 1.10 bits per heavy atom. The van der Waals surface area contributed by atoms with Gasteiger partial charge in [0.25, 0.3) is 0 Å². The van der Waals surface area contributed by atoms with E-state index >= 15 is 0 Å². The summed E-state index contributed by atoms with van der Waals surface area (Å²) in [6.07, 6.45) is 0.512. The molecule has 21 heavy (non-hydrogen) atoms. The van der Waals surface area contributed by atoms with Crippen molar-refractivity contribution >= 4 is 27.4 Å². The summed E-state index contributed by atoms with van der Waals surface area (Å²) in [5.74, 6) is -1.62. The molecule has 0 bridgehead atoms. The number of aryl methyl sites for hydroxylation is 1. The SMILES string of the molecule is Nc1ccc(CCC(=O)Cc2c(F)ccc(Br)c2F)cc1. The van der Waals surface area contributed by atoms with Crippen LogP contribution in [0.3, 0.4) is 0 Å². The summed E-state index contributed by atoms with van der Waals surface area (Å²) in [6.45, 7) is 0. The lowest BCUT2D eigenvalue weighted by Gasteiger charge is -2.06. The molecule has 0 unspecified atom stereocenters. The van der Waals surface area contributed by atoms with Crippen LogP contribution in [0.1, 0.15) is 17.5 Å². The molecule has 0 amide bonds. The number of anilines is 1. The molecule has 0 fully saturated rings.